The third kappa shape index (κ3) is 5.38. The van der Waals surface area contributed by atoms with Crippen LogP contribution in [0.3, 0.4) is 0 Å². The predicted octanol–water partition coefficient (Wildman–Crippen LogP) is 3.58. The highest BCUT2D eigenvalue weighted by molar-refractivity contribution is 5.26. The number of hydrogen-bond acceptors (Lipinski definition) is 3. The summed E-state index contributed by atoms with van der Waals surface area (Å²) in [6.07, 6.45) is 4.60. The lowest BCUT2D eigenvalue weighted by atomic mass is 9.78. The first kappa shape index (κ1) is 19.1. The summed E-state index contributed by atoms with van der Waals surface area (Å²) in [6.45, 7) is 6.86. The molecule has 0 aliphatic rings. The maximum atomic E-state index is 10.9. The number of nitrogens with two attached hydrogens (primary N) is 1. The van der Waals surface area contributed by atoms with E-state index in [1.165, 1.54) is 5.56 Å². The molecule has 126 valence electrons. The minimum atomic E-state index is -0.588. The van der Waals surface area contributed by atoms with Crippen molar-refractivity contribution in [2.45, 2.75) is 71.0 Å². The normalized spacial score (nSPS) is 14.8. The molecule has 3 heteroatoms. The topological polar surface area (TPSA) is 66.5 Å². The molecule has 0 radical (unpaired) electrons. The minimum Gasteiger partial charge on any atom is -0.390 e. The first-order valence-corrected chi connectivity index (χ1v) is 8.66. The second kappa shape index (κ2) is 9.29. The number of benzene rings is 1. The van der Waals surface area contributed by atoms with E-state index in [4.69, 9.17) is 5.73 Å². The molecule has 0 heterocycles. The molecule has 0 saturated carbocycles. The van der Waals surface area contributed by atoms with Crippen LogP contribution in [0.15, 0.2) is 24.3 Å². The molecule has 0 spiro atoms. The maximum Gasteiger partial charge on any atom is 0.0802 e. The van der Waals surface area contributed by atoms with E-state index in [1.54, 1.807) is 0 Å². The van der Waals surface area contributed by atoms with Crippen LogP contribution in [0.1, 0.15) is 70.1 Å². The Morgan fingerprint density at radius 3 is 2.36 bits per heavy atom. The molecule has 1 rings (SSSR count). The number of aliphatic hydroxyl groups is 2. The summed E-state index contributed by atoms with van der Waals surface area (Å²) in [4.78, 5) is 0. The summed E-state index contributed by atoms with van der Waals surface area (Å²) in [5.74, 6) is 0.203. The van der Waals surface area contributed by atoms with Gasteiger partial charge < -0.3 is 15.9 Å². The van der Waals surface area contributed by atoms with Gasteiger partial charge in [-0.05, 0) is 49.3 Å². The fraction of sp³-hybridized carbons (Fsp3) is 0.684. The second-order valence-corrected chi connectivity index (χ2v) is 6.55. The molecule has 2 unspecified atom stereocenters. The molecule has 0 aliphatic heterocycles. The molecular formula is C19H33NO2. The van der Waals surface area contributed by atoms with E-state index in [2.05, 4.69) is 32.9 Å². The van der Waals surface area contributed by atoms with Crippen LogP contribution in [0.4, 0.5) is 0 Å². The van der Waals surface area contributed by atoms with Crippen LogP contribution in [0.2, 0.25) is 0 Å². The van der Waals surface area contributed by atoms with Gasteiger partial charge in [0.1, 0.15) is 0 Å². The predicted molar refractivity (Wildman–Crippen MR) is 92.7 cm³/mol. The van der Waals surface area contributed by atoms with Gasteiger partial charge in [0.2, 0.25) is 0 Å². The van der Waals surface area contributed by atoms with E-state index in [1.807, 2.05) is 12.1 Å². The van der Waals surface area contributed by atoms with Crippen LogP contribution in [-0.2, 0) is 6.42 Å². The van der Waals surface area contributed by atoms with Gasteiger partial charge in [-0.25, -0.2) is 0 Å². The Kier molecular flexibility index (Phi) is 8.08. The molecule has 2 atom stereocenters. The van der Waals surface area contributed by atoms with Crippen molar-refractivity contribution in [1.29, 1.82) is 0 Å². The third-order valence-corrected chi connectivity index (χ3v) is 4.60. The second-order valence-electron chi connectivity index (χ2n) is 6.55. The van der Waals surface area contributed by atoms with Gasteiger partial charge in [-0.2, -0.15) is 0 Å². The Balaban J connectivity index is 2.82. The smallest absolute Gasteiger partial charge is 0.0802 e. The zero-order valence-electron chi connectivity index (χ0n) is 14.4. The Bertz CT molecular complexity index is 427. The van der Waals surface area contributed by atoms with Crippen molar-refractivity contribution in [3.05, 3.63) is 35.4 Å². The first-order chi connectivity index (χ1) is 10.5. The molecule has 0 amide bonds. The Morgan fingerprint density at radius 2 is 1.82 bits per heavy atom. The van der Waals surface area contributed by atoms with Crippen LogP contribution in [0.5, 0.6) is 0 Å². The number of hydrogen-bond donors (Lipinski definition) is 3. The minimum absolute atomic E-state index is 0.203. The zero-order valence-corrected chi connectivity index (χ0v) is 14.4. The molecule has 4 N–H and O–H groups in total. The fourth-order valence-electron chi connectivity index (χ4n) is 3.28. The van der Waals surface area contributed by atoms with Gasteiger partial charge in [-0.15, -0.1) is 0 Å². The highest BCUT2D eigenvalue weighted by Gasteiger charge is 2.31. The fourth-order valence-corrected chi connectivity index (χ4v) is 3.28. The van der Waals surface area contributed by atoms with E-state index in [0.29, 0.717) is 13.0 Å². The molecule has 3 nitrogen and oxygen atoms in total. The van der Waals surface area contributed by atoms with Crippen molar-refractivity contribution in [3.63, 3.8) is 0 Å². The lowest BCUT2D eigenvalue weighted by molar-refractivity contribution is -0.0284. The van der Waals surface area contributed by atoms with Crippen molar-refractivity contribution >= 4 is 0 Å². The molecule has 0 bridgehead atoms. The third-order valence-electron chi connectivity index (χ3n) is 4.60. The SMILES string of the molecule is CCCC(O)(CCC)C(C)Cc1cccc(C(O)CCN)c1. The Hall–Kier alpha value is -0.900. The number of rotatable bonds is 10. The Morgan fingerprint density at radius 1 is 1.18 bits per heavy atom. The molecule has 22 heavy (non-hydrogen) atoms. The van der Waals surface area contributed by atoms with Crippen molar-refractivity contribution in [2.24, 2.45) is 11.7 Å². The maximum absolute atomic E-state index is 10.9. The van der Waals surface area contributed by atoms with E-state index in [0.717, 1.165) is 37.7 Å². The quantitative estimate of drug-likeness (QED) is 0.619. The van der Waals surface area contributed by atoms with Gasteiger partial charge in [-0.3, -0.25) is 0 Å². The standard InChI is InChI=1S/C19H33NO2/c1-4-10-19(22,11-5-2)15(3)13-16-7-6-8-17(14-16)18(21)9-12-20/h6-8,14-15,18,21-22H,4-5,9-13,20H2,1-3H3. The largest absolute Gasteiger partial charge is 0.390 e. The lowest BCUT2D eigenvalue weighted by Crippen LogP contribution is -2.37. The highest BCUT2D eigenvalue weighted by atomic mass is 16.3. The van der Waals surface area contributed by atoms with Gasteiger partial charge in [-0.1, -0.05) is 57.9 Å². The zero-order chi connectivity index (χ0) is 16.6. The van der Waals surface area contributed by atoms with Crippen molar-refractivity contribution < 1.29 is 10.2 Å². The van der Waals surface area contributed by atoms with Crippen molar-refractivity contribution in [2.75, 3.05) is 6.54 Å². The summed E-state index contributed by atoms with van der Waals surface area (Å²) in [5.41, 5.74) is 7.02. The molecule has 0 fully saturated rings. The van der Waals surface area contributed by atoms with E-state index in [-0.39, 0.29) is 5.92 Å². The van der Waals surface area contributed by atoms with Crippen LogP contribution >= 0.6 is 0 Å². The Labute approximate surface area is 135 Å². The van der Waals surface area contributed by atoms with Crippen LogP contribution < -0.4 is 5.73 Å². The first-order valence-electron chi connectivity index (χ1n) is 8.66. The van der Waals surface area contributed by atoms with E-state index < -0.39 is 11.7 Å². The summed E-state index contributed by atoms with van der Waals surface area (Å²) in [7, 11) is 0. The van der Waals surface area contributed by atoms with Crippen molar-refractivity contribution in [1.82, 2.24) is 0 Å². The summed E-state index contributed by atoms with van der Waals surface area (Å²) < 4.78 is 0. The summed E-state index contributed by atoms with van der Waals surface area (Å²) >= 11 is 0. The molecular weight excluding hydrogens is 274 g/mol. The number of aliphatic hydroxyl groups excluding tert-OH is 1. The molecule has 0 aliphatic carbocycles. The van der Waals surface area contributed by atoms with Gasteiger partial charge >= 0.3 is 0 Å². The van der Waals surface area contributed by atoms with E-state index in [9.17, 15) is 10.2 Å². The van der Waals surface area contributed by atoms with Crippen molar-refractivity contribution in [3.8, 4) is 0 Å². The van der Waals surface area contributed by atoms with Crippen LogP contribution in [0, 0.1) is 5.92 Å². The summed E-state index contributed by atoms with van der Waals surface area (Å²) in [5, 5.41) is 21.0. The monoisotopic (exact) mass is 307 g/mol. The van der Waals surface area contributed by atoms with Gasteiger partial charge in [0.05, 0.1) is 11.7 Å². The average molecular weight is 307 g/mol. The molecule has 1 aromatic carbocycles. The molecule has 1 aromatic rings. The van der Waals surface area contributed by atoms with Gasteiger partial charge in [0.25, 0.3) is 0 Å². The average Bonchev–Trinajstić information content (AvgIpc) is 2.48. The van der Waals surface area contributed by atoms with Gasteiger partial charge in [0.15, 0.2) is 0 Å². The molecule has 0 saturated heterocycles. The lowest BCUT2D eigenvalue weighted by Gasteiger charge is -2.34. The molecule has 0 aromatic heterocycles. The van der Waals surface area contributed by atoms with E-state index >= 15 is 0 Å². The highest BCUT2D eigenvalue weighted by Crippen LogP contribution is 2.31. The van der Waals surface area contributed by atoms with Crippen LogP contribution in [0.25, 0.3) is 0 Å². The summed E-state index contributed by atoms with van der Waals surface area (Å²) in [6, 6.07) is 8.05. The van der Waals surface area contributed by atoms with Gasteiger partial charge in [0, 0.05) is 0 Å². The van der Waals surface area contributed by atoms with Crippen LogP contribution in [-0.4, -0.2) is 22.4 Å².